The first kappa shape index (κ1) is 18.1. The van der Waals surface area contributed by atoms with Crippen LogP contribution in [0.25, 0.3) is 17.0 Å². The molecule has 0 spiro atoms. The van der Waals surface area contributed by atoms with Crippen molar-refractivity contribution in [2.24, 2.45) is 0 Å². The van der Waals surface area contributed by atoms with Gasteiger partial charge in [-0.05, 0) is 43.2 Å². The molecule has 3 heterocycles. The van der Waals surface area contributed by atoms with Gasteiger partial charge in [-0.1, -0.05) is 0 Å². The molecule has 2 amide bonds. The molecule has 8 heteroatoms. The Kier molecular flexibility index (Phi) is 4.77. The van der Waals surface area contributed by atoms with Gasteiger partial charge in [0.1, 0.15) is 5.82 Å². The van der Waals surface area contributed by atoms with E-state index in [0.717, 1.165) is 29.8 Å². The molecule has 0 saturated carbocycles. The molecule has 1 saturated heterocycles. The van der Waals surface area contributed by atoms with Crippen LogP contribution < -0.4 is 5.32 Å². The molecule has 0 aliphatic carbocycles. The number of carbonyl (C=O) groups excluding carboxylic acids is 2. The number of imidazole rings is 1. The first-order valence-corrected chi connectivity index (χ1v) is 9.17. The summed E-state index contributed by atoms with van der Waals surface area (Å²) in [5, 5.41) is 2.57. The number of likely N-dealkylation sites (tertiary alicyclic amines) is 1. The van der Waals surface area contributed by atoms with Gasteiger partial charge in [-0.25, -0.2) is 14.4 Å². The number of carbonyl (C=O) groups is 2. The lowest BCUT2D eigenvalue weighted by Gasteiger charge is -2.26. The molecule has 3 aromatic rings. The molecule has 0 radical (unpaired) electrons. The number of nitrogens with zero attached hydrogens (tertiary/aromatic N) is 4. The van der Waals surface area contributed by atoms with Crippen LogP contribution in [-0.2, 0) is 9.59 Å². The van der Waals surface area contributed by atoms with Crippen LogP contribution >= 0.6 is 0 Å². The molecule has 144 valence electrons. The molecule has 2 aromatic heterocycles. The molecule has 1 aliphatic rings. The number of rotatable bonds is 4. The topological polar surface area (TPSA) is 79.6 Å². The number of hydrogen-bond donors (Lipinski definition) is 1. The van der Waals surface area contributed by atoms with Gasteiger partial charge < -0.3 is 10.2 Å². The van der Waals surface area contributed by atoms with Crippen LogP contribution in [0.2, 0.25) is 0 Å². The second-order valence-electron chi connectivity index (χ2n) is 6.81. The van der Waals surface area contributed by atoms with Crippen LogP contribution in [0.5, 0.6) is 0 Å². The number of nitrogens with one attached hydrogen (secondary N) is 1. The molecule has 1 aliphatic heterocycles. The van der Waals surface area contributed by atoms with E-state index >= 15 is 0 Å². The number of amides is 2. The van der Waals surface area contributed by atoms with E-state index in [2.05, 4.69) is 15.3 Å². The molecule has 7 nitrogen and oxygen atoms in total. The summed E-state index contributed by atoms with van der Waals surface area (Å²) < 4.78 is 15.2. The molecule has 28 heavy (non-hydrogen) atoms. The van der Waals surface area contributed by atoms with Crippen molar-refractivity contribution in [2.75, 3.05) is 13.1 Å². The van der Waals surface area contributed by atoms with Crippen molar-refractivity contribution in [2.45, 2.75) is 25.8 Å². The smallest absolute Gasteiger partial charge is 0.242 e. The summed E-state index contributed by atoms with van der Waals surface area (Å²) >= 11 is 0. The second-order valence-corrected chi connectivity index (χ2v) is 6.81. The fourth-order valence-electron chi connectivity index (χ4n) is 3.70. The highest BCUT2D eigenvalue weighted by Gasteiger charge is 2.32. The Morgan fingerprint density at radius 3 is 2.75 bits per heavy atom. The lowest BCUT2D eigenvalue weighted by molar-refractivity contribution is -0.133. The number of hydrogen-bond acceptors (Lipinski definition) is 4. The minimum absolute atomic E-state index is 0.0190. The zero-order valence-electron chi connectivity index (χ0n) is 15.4. The SMILES string of the molecule is CC(=O)NCC(=O)N1CCC[C@@H]1c1ccnc2ncc(-c3ccc(F)cc3)n12. The molecule has 1 fully saturated rings. The maximum absolute atomic E-state index is 13.3. The van der Waals surface area contributed by atoms with Crippen molar-refractivity contribution in [1.29, 1.82) is 0 Å². The Morgan fingerprint density at radius 1 is 1.21 bits per heavy atom. The fraction of sp³-hybridized carbons (Fsp3) is 0.300. The average Bonchev–Trinajstić information content (AvgIpc) is 3.34. The Morgan fingerprint density at radius 2 is 2.00 bits per heavy atom. The minimum atomic E-state index is -0.304. The quantitative estimate of drug-likeness (QED) is 0.752. The maximum atomic E-state index is 13.3. The van der Waals surface area contributed by atoms with E-state index in [9.17, 15) is 14.0 Å². The Balaban J connectivity index is 1.74. The Labute approximate surface area is 161 Å². The van der Waals surface area contributed by atoms with Gasteiger partial charge in [0.25, 0.3) is 0 Å². The monoisotopic (exact) mass is 381 g/mol. The lowest BCUT2D eigenvalue weighted by atomic mass is 10.1. The average molecular weight is 381 g/mol. The minimum Gasteiger partial charge on any atom is -0.347 e. The van der Waals surface area contributed by atoms with Crippen LogP contribution in [0.15, 0.2) is 42.7 Å². The molecular weight excluding hydrogens is 361 g/mol. The van der Waals surface area contributed by atoms with E-state index in [1.54, 1.807) is 29.4 Å². The first-order valence-electron chi connectivity index (χ1n) is 9.17. The van der Waals surface area contributed by atoms with Crippen LogP contribution in [0, 0.1) is 5.82 Å². The van der Waals surface area contributed by atoms with Gasteiger partial charge in [-0.15, -0.1) is 0 Å². The molecule has 0 bridgehead atoms. The van der Waals surface area contributed by atoms with Crippen LogP contribution in [-0.4, -0.2) is 44.2 Å². The number of halogens is 1. The van der Waals surface area contributed by atoms with E-state index in [1.807, 2.05) is 10.5 Å². The summed E-state index contributed by atoms with van der Waals surface area (Å²) in [6.45, 7) is 2.00. The number of fused-ring (bicyclic) bond motifs is 1. The summed E-state index contributed by atoms with van der Waals surface area (Å²) in [6, 6.07) is 7.96. The van der Waals surface area contributed by atoms with Crippen molar-refractivity contribution in [3.63, 3.8) is 0 Å². The van der Waals surface area contributed by atoms with Gasteiger partial charge in [0.2, 0.25) is 17.6 Å². The highest BCUT2D eigenvalue weighted by Crippen LogP contribution is 2.34. The van der Waals surface area contributed by atoms with Gasteiger partial charge >= 0.3 is 0 Å². The number of benzene rings is 1. The Hall–Kier alpha value is -3.29. The predicted octanol–water partition coefficient (Wildman–Crippen LogP) is 2.33. The van der Waals surface area contributed by atoms with E-state index in [-0.39, 0.29) is 30.2 Å². The van der Waals surface area contributed by atoms with Crippen LogP contribution in [0.1, 0.15) is 31.5 Å². The Bertz CT molecular complexity index is 1030. The van der Waals surface area contributed by atoms with Crippen molar-refractivity contribution in [3.05, 3.63) is 54.2 Å². The van der Waals surface area contributed by atoms with Crippen molar-refractivity contribution < 1.29 is 14.0 Å². The summed E-state index contributed by atoms with van der Waals surface area (Å²) in [5.74, 6) is -0.130. The van der Waals surface area contributed by atoms with Crippen molar-refractivity contribution in [3.8, 4) is 11.3 Å². The highest BCUT2D eigenvalue weighted by molar-refractivity contribution is 5.84. The first-order chi connectivity index (χ1) is 13.5. The molecule has 1 aromatic carbocycles. The molecular formula is C20H20FN5O2. The van der Waals surface area contributed by atoms with Crippen LogP contribution in [0.4, 0.5) is 4.39 Å². The molecule has 0 unspecified atom stereocenters. The largest absolute Gasteiger partial charge is 0.347 e. The zero-order valence-corrected chi connectivity index (χ0v) is 15.4. The van der Waals surface area contributed by atoms with Gasteiger partial charge in [0, 0.05) is 25.2 Å². The maximum Gasteiger partial charge on any atom is 0.242 e. The summed E-state index contributed by atoms with van der Waals surface area (Å²) in [7, 11) is 0. The highest BCUT2D eigenvalue weighted by atomic mass is 19.1. The van der Waals surface area contributed by atoms with E-state index < -0.39 is 0 Å². The van der Waals surface area contributed by atoms with Gasteiger partial charge in [-0.2, -0.15) is 0 Å². The van der Waals surface area contributed by atoms with E-state index in [0.29, 0.717) is 12.3 Å². The van der Waals surface area contributed by atoms with Gasteiger partial charge in [0.05, 0.1) is 30.2 Å². The van der Waals surface area contributed by atoms with E-state index in [1.165, 1.54) is 19.1 Å². The number of aromatic nitrogens is 3. The van der Waals surface area contributed by atoms with Gasteiger partial charge in [0.15, 0.2) is 0 Å². The van der Waals surface area contributed by atoms with Gasteiger partial charge in [-0.3, -0.25) is 14.0 Å². The normalized spacial score (nSPS) is 16.5. The van der Waals surface area contributed by atoms with Crippen molar-refractivity contribution in [1.82, 2.24) is 24.6 Å². The zero-order chi connectivity index (χ0) is 19.7. The fourth-order valence-corrected chi connectivity index (χ4v) is 3.70. The molecule has 1 N–H and O–H groups in total. The third kappa shape index (κ3) is 3.33. The van der Waals surface area contributed by atoms with Crippen LogP contribution in [0.3, 0.4) is 0 Å². The van der Waals surface area contributed by atoms with Crippen molar-refractivity contribution >= 4 is 17.6 Å². The molecule has 1 atom stereocenters. The summed E-state index contributed by atoms with van der Waals surface area (Å²) in [4.78, 5) is 34.3. The predicted molar refractivity (Wildman–Crippen MR) is 101 cm³/mol. The standard InChI is InChI=1S/C20H20FN5O2/c1-13(27)23-12-19(28)25-10-2-3-16(25)17-8-9-22-20-24-11-18(26(17)20)14-4-6-15(21)7-5-14/h4-9,11,16H,2-3,10,12H2,1H3,(H,23,27)/t16-/m1/s1. The second kappa shape index (κ2) is 7.38. The summed E-state index contributed by atoms with van der Waals surface area (Å²) in [5.41, 5.74) is 2.51. The summed E-state index contributed by atoms with van der Waals surface area (Å²) in [6.07, 6.45) is 5.07. The van der Waals surface area contributed by atoms with E-state index in [4.69, 9.17) is 0 Å². The molecule has 4 rings (SSSR count). The third-order valence-corrected chi connectivity index (χ3v) is 4.98. The third-order valence-electron chi connectivity index (χ3n) is 4.98. The lowest BCUT2D eigenvalue weighted by Crippen LogP contribution is -2.39.